The fourth-order valence-electron chi connectivity index (χ4n) is 2.90. The van der Waals surface area contributed by atoms with Crippen LogP contribution in [0.1, 0.15) is 38.2 Å². The van der Waals surface area contributed by atoms with Crippen LogP contribution in [0.25, 0.3) is 0 Å². The average Bonchev–Trinajstić information content (AvgIpc) is 2.55. The third-order valence-corrected chi connectivity index (χ3v) is 5.33. The number of carbonyl (C=O) groups is 2. The maximum Gasteiger partial charge on any atom is 0.232 e. The summed E-state index contributed by atoms with van der Waals surface area (Å²) in [6.07, 6.45) is 1.92. The van der Waals surface area contributed by atoms with Gasteiger partial charge in [0.15, 0.2) is 0 Å². The molecule has 4 nitrogen and oxygen atoms in total. The minimum atomic E-state index is -0.0182. The molecule has 0 aromatic heterocycles. The van der Waals surface area contributed by atoms with Crippen molar-refractivity contribution in [1.29, 1.82) is 0 Å². The predicted molar refractivity (Wildman–Crippen MR) is 95.6 cm³/mol. The second-order valence-electron chi connectivity index (χ2n) is 6.21. The topological polar surface area (TPSA) is 49.4 Å². The van der Waals surface area contributed by atoms with Gasteiger partial charge in [-0.3, -0.25) is 9.59 Å². The van der Waals surface area contributed by atoms with E-state index in [-0.39, 0.29) is 17.9 Å². The average molecular weight is 334 g/mol. The van der Waals surface area contributed by atoms with Crippen LogP contribution in [-0.4, -0.2) is 47.4 Å². The minimum Gasteiger partial charge on any atom is -0.352 e. The molecule has 1 saturated heterocycles. The van der Waals surface area contributed by atoms with Crippen LogP contribution in [0.15, 0.2) is 30.3 Å². The van der Waals surface area contributed by atoms with Crippen molar-refractivity contribution in [2.45, 2.75) is 38.6 Å². The van der Waals surface area contributed by atoms with Gasteiger partial charge in [-0.1, -0.05) is 37.3 Å². The van der Waals surface area contributed by atoms with E-state index in [2.05, 4.69) is 36.5 Å². The van der Waals surface area contributed by atoms with Crippen LogP contribution in [-0.2, 0) is 9.59 Å². The number of hydrogen-bond acceptors (Lipinski definition) is 3. The first kappa shape index (κ1) is 17.9. The number of nitrogens with one attached hydrogen (secondary N) is 1. The summed E-state index contributed by atoms with van der Waals surface area (Å²) in [4.78, 5) is 25.4. The van der Waals surface area contributed by atoms with Crippen molar-refractivity contribution in [2.24, 2.45) is 0 Å². The predicted octanol–water partition coefficient (Wildman–Crippen LogP) is 2.65. The van der Waals surface area contributed by atoms with Crippen molar-refractivity contribution >= 4 is 23.6 Å². The first-order valence-corrected chi connectivity index (χ1v) is 9.39. The van der Waals surface area contributed by atoms with Gasteiger partial charge in [0.2, 0.25) is 11.8 Å². The minimum absolute atomic E-state index is 0.0182. The highest BCUT2D eigenvalue weighted by Gasteiger charge is 2.23. The highest BCUT2D eigenvalue weighted by molar-refractivity contribution is 7.99. The number of thioether (sulfide) groups is 1. The van der Waals surface area contributed by atoms with Gasteiger partial charge < -0.3 is 10.2 Å². The summed E-state index contributed by atoms with van der Waals surface area (Å²) >= 11 is 1.69. The van der Waals surface area contributed by atoms with Gasteiger partial charge in [0, 0.05) is 31.8 Å². The lowest BCUT2D eigenvalue weighted by Gasteiger charge is -2.33. The summed E-state index contributed by atoms with van der Waals surface area (Å²) in [5.41, 5.74) is 1.32. The zero-order valence-corrected chi connectivity index (χ0v) is 14.8. The zero-order valence-electron chi connectivity index (χ0n) is 14.0. The van der Waals surface area contributed by atoms with Crippen molar-refractivity contribution in [2.75, 3.05) is 24.6 Å². The third-order valence-electron chi connectivity index (χ3n) is 4.14. The molecular formula is C18H26N2O2S. The molecule has 1 aliphatic rings. The Morgan fingerprint density at radius 3 is 2.78 bits per heavy atom. The van der Waals surface area contributed by atoms with Gasteiger partial charge in [0.1, 0.15) is 0 Å². The Morgan fingerprint density at radius 1 is 1.35 bits per heavy atom. The SMILES string of the molecule is CC(=O)N[C@@H]1CCCN(C(=O)CSC[C@@H](C)c2ccccc2)C1. The molecular weight excluding hydrogens is 308 g/mol. The van der Waals surface area contributed by atoms with E-state index in [0.29, 0.717) is 18.2 Å². The molecule has 1 N–H and O–H groups in total. The van der Waals surface area contributed by atoms with Gasteiger partial charge in [0.25, 0.3) is 0 Å². The number of nitrogens with zero attached hydrogens (tertiary/aromatic N) is 1. The molecule has 1 aromatic rings. The Kier molecular flexibility index (Phi) is 6.96. The third kappa shape index (κ3) is 5.90. The van der Waals surface area contributed by atoms with Gasteiger partial charge in [-0.15, -0.1) is 0 Å². The highest BCUT2D eigenvalue weighted by atomic mass is 32.2. The molecule has 2 rings (SSSR count). The van der Waals surface area contributed by atoms with E-state index < -0.39 is 0 Å². The largest absolute Gasteiger partial charge is 0.352 e. The maximum atomic E-state index is 12.3. The normalized spacial score (nSPS) is 19.2. The van der Waals surface area contributed by atoms with Gasteiger partial charge in [-0.25, -0.2) is 0 Å². The molecule has 2 amide bonds. The maximum absolute atomic E-state index is 12.3. The molecule has 0 spiro atoms. The fraction of sp³-hybridized carbons (Fsp3) is 0.556. The van der Waals surface area contributed by atoms with E-state index in [1.54, 1.807) is 11.8 Å². The van der Waals surface area contributed by atoms with Gasteiger partial charge in [-0.2, -0.15) is 11.8 Å². The summed E-state index contributed by atoms with van der Waals surface area (Å²) in [5.74, 6) is 2.08. The Bertz CT molecular complexity index is 521. The lowest BCUT2D eigenvalue weighted by molar-refractivity contribution is -0.130. The van der Waals surface area contributed by atoms with Crippen molar-refractivity contribution in [3.63, 3.8) is 0 Å². The molecule has 5 heteroatoms. The quantitative estimate of drug-likeness (QED) is 0.870. The number of benzene rings is 1. The van der Waals surface area contributed by atoms with Crippen molar-refractivity contribution in [3.8, 4) is 0 Å². The Labute approximate surface area is 143 Å². The molecule has 126 valence electrons. The van der Waals surface area contributed by atoms with Crippen LogP contribution in [0.5, 0.6) is 0 Å². The molecule has 0 saturated carbocycles. The fourth-order valence-corrected chi connectivity index (χ4v) is 3.92. The van der Waals surface area contributed by atoms with E-state index in [0.717, 1.165) is 25.1 Å². The van der Waals surface area contributed by atoms with E-state index in [9.17, 15) is 9.59 Å². The molecule has 0 bridgehead atoms. The van der Waals surface area contributed by atoms with Crippen LogP contribution in [0.3, 0.4) is 0 Å². The second kappa shape index (κ2) is 8.96. The Hall–Kier alpha value is -1.49. The molecule has 1 fully saturated rings. The second-order valence-corrected chi connectivity index (χ2v) is 7.24. The van der Waals surface area contributed by atoms with E-state index in [4.69, 9.17) is 0 Å². The molecule has 1 aromatic carbocycles. The Morgan fingerprint density at radius 2 is 2.09 bits per heavy atom. The van der Waals surface area contributed by atoms with Gasteiger partial charge in [-0.05, 0) is 24.3 Å². The molecule has 0 unspecified atom stereocenters. The lowest BCUT2D eigenvalue weighted by Crippen LogP contribution is -2.49. The summed E-state index contributed by atoms with van der Waals surface area (Å²) in [6, 6.07) is 10.5. The summed E-state index contributed by atoms with van der Waals surface area (Å²) < 4.78 is 0. The van der Waals surface area contributed by atoms with Crippen molar-refractivity contribution < 1.29 is 9.59 Å². The van der Waals surface area contributed by atoms with Crippen LogP contribution in [0.2, 0.25) is 0 Å². The Balaban J connectivity index is 1.73. The van der Waals surface area contributed by atoms with Crippen molar-refractivity contribution in [1.82, 2.24) is 10.2 Å². The van der Waals surface area contributed by atoms with E-state index in [1.807, 2.05) is 11.0 Å². The number of piperidine rings is 1. The van der Waals surface area contributed by atoms with Crippen molar-refractivity contribution in [3.05, 3.63) is 35.9 Å². The zero-order chi connectivity index (χ0) is 16.7. The number of hydrogen-bond donors (Lipinski definition) is 1. The first-order chi connectivity index (χ1) is 11.1. The van der Waals surface area contributed by atoms with Crippen LogP contribution < -0.4 is 5.32 Å². The highest BCUT2D eigenvalue weighted by Crippen LogP contribution is 2.20. The molecule has 0 aliphatic carbocycles. The lowest BCUT2D eigenvalue weighted by atomic mass is 10.0. The molecule has 1 heterocycles. The number of carbonyl (C=O) groups excluding carboxylic acids is 2. The van der Waals surface area contributed by atoms with Crippen LogP contribution >= 0.6 is 11.8 Å². The molecule has 0 radical (unpaired) electrons. The summed E-state index contributed by atoms with van der Waals surface area (Å²) in [5, 5.41) is 2.92. The summed E-state index contributed by atoms with van der Waals surface area (Å²) in [7, 11) is 0. The van der Waals surface area contributed by atoms with Gasteiger partial charge in [0.05, 0.1) is 5.75 Å². The number of rotatable bonds is 6. The van der Waals surface area contributed by atoms with E-state index in [1.165, 1.54) is 12.5 Å². The van der Waals surface area contributed by atoms with Crippen LogP contribution in [0, 0.1) is 0 Å². The van der Waals surface area contributed by atoms with Gasteiger partial charge >= 0.3 is 0 Å². The first-order valence-electron chi connectivity index (χ1n) is 8.24. The standard InChI is InChI=1S/C18H26N2O2S/c1-14(16-7-4-3-5-8-16)12-23-13-18(22)20-10-6-9-17(11-20)19-15(2)21/h3-5,7-8,14,17H,6,9-13H2,1-2H3,(H,19,21)/t14-,17-/m1/s1. The monoisotopic (exact) mass is 334 g/mol. The molecule has 23 heavy (non-hydrogen) atoms. The number of likely N-dealkylation sites (tertiary alicyclic amines) is 1. The number of amides is 2. The molecule has 2 atom stereocenters. The van der Waals surface area contributed by atoms with E-state index >= 15 is 0 Å². The molecule has 1 aliphatic heterocycles. The summed E-state index contributed by atoms with van der Waals surface area (Å²) in [6.45, 7) is 5.18. The van der Waals surface area contributed by atoms with Crippen LogP contribution in [0.4, 0.5) is 0 Å². The smallest absolute Gasteiger partial charge is 0.232 e.